The first kappa shape index (κ1) is 14.1. The van der Waals surface area contributed by atoms with Gasteiger partial charge in [-0.25, -0.2) is 0 Å². The molecule has 0 aliphatic rings. The van der Waals surface area contributed by atoms with Gasteiger partial charge in [0.25, 0.3) is 5.91 Å². The molecule has 0 bridgehead atoms. The molecule has 0 saturated heterocycles. The van der Waals surface area contributed by atoms with Crippen LogP contribution in [0.15, 0.2) is 30.3 Å². The average Bonchev–Trinajstić information content (AvgIpc) is 2.40. The molecule has 0 unspecified atom stereocenters. The smallest absolute Gasteiger partial charge is 0.254 e. The van der Waals surface area contributed by atoms with Gasteiger partial charge in [-0.2, -0.15) is 0 Å². The molecule has 1 aromatic heterocycles. The summed E-state index contributed by atoms with van der Waals surface area (Å²) in [5.41, 5.74) is 0.982. The fourth-order valence-corrected chi connectivity index (χ4v) is 1.95. The van der Waals surface area contributed by atoms with Gasteiger partial charge in [0.2, 0.25) is 0 Å². The number of nitrogens with one attached hydrogen (secondary N) is 1. The standard InChI is InChI=1S/C12H8Cl3N3O/c13-9-4-2-1-3-7(9)6-16-12(19)8-5-10(14)17-18-11(8)15/h1-5H,6H2,(H,16,19). The Balaban J connectivity index is 2.10. The molecule has 98 valence electrons. The molecule has 2 aromatic rings. The lowest BCUT2D eigenvalue weighted by molar-refractivity contribution is 0.0950. The summed E-state index contributed by atoms with van der Waals surface area (Å²) in [6.07, 6.45) is 0. The van der Waals surface area contributed by atoms with E-state index in [9.17, 15) is 4.79 Å². The van der Waals surface area contributed by atoms with Crippen LogP contribution in [0.5, 0.6) is 0 Å². The topological polar surface area (TPSA) is 54.9 Å². The molecular formula is C12H8Cl3N3O. The molecule has 0 aliphatic heterocycles. The number of hydrogen-bond acceptors (Lipinski definition) is 3. The molecule has 7 heteroatoms. The number of rotatable bonds is 3. The van der Waals surface area contributed by atoms with Crippen molar-refractivity contribution in [3.8, 4) is 0 Å². The molecule has 0 radical (unpaired) electrons. The number of carbonyl (C=O) groups is 1. The van der Waals surface area contributed by atoms with Crippen LogP contribution in [0, 0.1) is 0 Å². The van der Waals surface area contributed by atoms with Gasteiger partial charge >= 0.3 is 0 Å². The monoisotopic (exact) mass is 315 g/mol. The first-order valence-electron chi connectivity index (χ1n) is 5.28. The molecule has 0 saturated carbocycles. The fourth-order valence-electron chi connectivity index (χ4n) is 1.42. The van der Waals surface area contributed by atoms with E-state index in [0.717, 1.165) is 5.56 Å². The number of hydrogen-bond donors (Lipinski definition) is 1. The Bertz CT molecular complexity index is 619. The van der Waals surface area contributed by atoms with Crippen LogP contribution >= 0.6 is 34.8 Å². The maximum atomic E-state index is 11.9. The van der Waals surface area contributed by atoms with E-state index in [1.807, 2.05) is 18.2 Å². The van der Waals surface area contributed by atoms with Gasteiger partial charge in [0, 0.05) is 11.6 Å². The maximum Gasteiger partial charge on any atom is 0.254 e. The van der Waals surface area contributed by atoms with Crippen molar-refractivity contribution in [3.63, 3.8) is 0 Å². The first-order valence-corrected chi connectivity index (χ1v) is 6.41. The molecule has 1 N–H and O–H groups in total. The lowest BCUT2D eigenvalue weighted by Gasteiger charge is -2.07. The van der Waals surface area contributed by atoms with Crippen molar-refractivity contribution in [2.75, 3.05) is 0 Å². The molecule has 0 fully saturated rings. The molecule has 0 atom stereocenters. The van der Waals surface area contributed by atoms with Gasteiger partial charge in [-0.3, -0.25) is 4.79 Å². The Hall–Kier alpha value is -1.36. The van der Waals surface area contributed by atoms with Gasteiger partial charge in [-0.15, -0.1) is 10.2 Å². The van der Waals surface area contributed by atoms with E-state index in [0.29, 0.717) is 5.02 Å². The highest BCUT2D eigenvalue weighted by Gasteiger charge is 2.13. The number of halogens is 3. The van der Waals surface area contributed by atoms with E-state index in [-0.39, 0.29) is 28.3 Å². The Kier molecular flexibility index (Phi) is 4.58. The first-order chi connectivity index (χ1) is 9.08. The summed E-state index contributed by atoms with van der Waals surface area (Å²) in [4.78, 5) is 11.9. The minimum absolute atomic E-state index is 0.000980. The van der Waals surface area contributed by atoms with Gasteiger partial charge in [0.1, 0.15) is 0 Å². The van der Waals surface area contributed by atoms with E-state index in [4.69, 9.17) is 34.8 Å². The maximum absolute atomic E-state index is 11.9. The average molecular weight is 317 g/mol. The second kappa shape index (κ2) is 6.19. The van der Waals surface area contributed by atoms with Crippen molar-refractivity contribution >= 4 is 40.7 Å². The quantitative estimate of drug-likeness (QED) is 0.944. The third-order valence-corrected chi connectivity index (χ3v) is 3.19. The number of amides is 1. The van der Waals surface area contributed by atoms with Crippen molar-refractivity contribution in [2.45, 2.75) is 6.54 Å². The molecule has 19 heavy (non-hydrogen) atoms. The van der Waals surface area contributed by atoms with Crippen molar-refractivity contribution in [1.29, 1.82) is 0 Å². The van der Waals surface area contributed by atoms with Gasteiger partial charge in [-0.1, -0.05) is 53.0 Å². The lowest BCUT2D eigenvalue weighted by atomic mass is 10.2. The van der Waals surface area contributed by atoms with Gasteiger partial charge in [-0.05, 0) is 17.7 Å². The highest BCUT2D eigenvalue weighted by Crippen LogP contribution is 2.17. The summed E-state index contributed by atoms with van der Waals surface area (Å²) in [7, 11) is 0. The predicted octanol–water partition coefficient (Wildman–Crippen LogP) is 3.37. The van der Waals surface area contributed by atoms with E-state index < -0.39 is 0 Å². The second-order valence-corrected chi connectivity index (χ2v) is 4.80. The minimum Gasteiger partial charge on any atom is -0.348 e. The van der Waals surface area contributed by atoms with Gasteiger partial charge in [0.15, 0.2) is 10.3 Å². The predicted molar refractivity (Wildman–Crippen MR) is 74.7 cm³/mol. The van der Waals surface area contributed by atoms with Crippen LogP contribution in [0.3, 0.4) is 0 Å². The number of aromatic nitrogens is 2. The largest absolute Gasteiger partial charge is 0.348 e. The highest BCUT2D eigenvalue weighted by atomic mass is 35.5. The molecule has 1 heterocycles. The summed E-state index contributed by atoms with van der Waals surface area (Å²) in [5, 5.41) is 10.5. The van der Waals surface area contributed by atoms with Crippen molar-refractivity contribution in [2.24, 2.45) is 0 Å². The second-order valence-electron chi connectivity index (χ2n) is 3.65. The zero-order valence-electron chi connectivity index (χ0n) is 9.53. The van der Waals surface area contributed by atoms with Crippen LogP contribution in [0.25, 0.3) is 0 Å². The summed E-state index contributed by atoms with van der Waals surface area (Å²) < 4.78 is 0. The Morgan fingerprint density at radius 1 is 1.16 bits per heavy atom. The van der Waals surface area contributed by atoms with Crippen molar-refractivity contribution in [1.82, 2.24) is 15.5 Å². The minimum atomic E-state index is -0.387. The van der Waals surface area contributed by atoms with Crippen LogP contribution in [0.4, 0.5) is 0 Å². The van der Waals surface area contributed by atoms with E-state index in [1.54, 1.807) is 6.07 Å². The highest BCUT2D eigenvalue weighted by molar-refractivity contribution is 6.34. The summed E-state index contributed by atoms with van der Waals surface area (Å²) in [6.45, 7) is 0.286. The Morgan fingerprint density at radius 2 is 1.89 bits per heavy atom. The summed E-state index contributed by atoms with van der Waals surface area (Å²) >= 11 is 17.4. The number of carbonyl (C=O) groups excluding carboxylic acids is 1. The summed E-state index contributed by atoms with van der Waals surface area (Å²) in [6, 6.07) is 8.59. The molecule has 0 spiro atoms. The van der Waals surface area contributed by atoms with Crippen LogP contribution in [0.2, 0.25) is 15.3 Å². The number of benzene rings is 1. The third kappa shape index (κ3) is 3.56. The van der Waals surface area contributed by atoms with E-state index >= 15 is 0 Å². The fraction of sp³-hybridized carbons (Fsp3) is 0.0833. The van der Waals surface area contributed by atoms with E-state index in [1.165, 1.54) is 6.07 Å². The SMILES string of the molecule is O=C(NCc1ccccc1Cl)c1cc(Cl)nnc1Cl. The van der Waals surface area contributed by atoms with Crippen molar-refractivity contribution in [3.05, 3.63) is 56.8 Å². The van der Waals surface area contributed by atoms with Crippen LogP contribution in [-0.4, -0.2) is 16.1 Å². The van der Waals surface area contributed by atoms with Crippen LogP contribution < -0.4 is 5.32 Å². The molecule has 1 aromatic carbocycles. The van der Waals surface area contributed by atoms with Crippen LogP contribution in [-0.2, 0) is 6.54 Å². The Labute approximate surface area is 124 Å². The Morgan fingerprint density at radius 3 is 2.63 bits per heavy atom. The zero-order chi connectivity index (χ0) is 13.8. The third-order valence-electron chi connectivity index (χ3n) is 2.36. The lowest BCUT2D eigenvalue weighted by Crippen LogP contribution is -2.23. The molecule has 2 rings (SSSR count). The van der Waals surface area contributed by atoms with E-state index in [2.05, 4.69) is 15.5 Å². The molecule has 4 nitrogen and oxygen atoms in total. The van der Waals surface area contributed by atoms with Gasteiger partial charge < -0.3 is 5.32 Å². The van der Waals surface area contributed by atoms with Crippen LogP contribution in [0.1, 0.15) is 15.9 Å². The van der Waals surface area contributed by atoms with Crippen molar-refractivity contribution < 1.29 is 4.79 Å². The molecule has 1 amide bonds. The zero-order valence-corrected chi connectivity index (χ0v) is 11.8. The number of nitrogens with zero attached hydrogens (tertiary/aromatic N) is 2. The molecule has 0 aliphatic carbocycles. The molecular weight excluding hydrogens is 309 g/mol. The van der Waals surface area contributed by atoms with Gasteiger partial charge in [0.05, 0.1) is 5.56 Å². The summed E-state index contributed by atoms with van der Waals surface area (Å²) in [5.74, 6) is -0.387. The normalized spacial score (nSPS) is 10.3.